The maximum absolute atomic E-state index is 13.4. The van der Waals surface area contributed by atoms with Gasteiger partial charge in [0, 0.05) is 11.8 Å². The number of fused-ring (bicyclic) bond motifs is 2. The van der Waals surface area contributed by atoms with Gasteiger partial charge < -0.3 is 9.84 Å². The zero-order valence-corrected chi connectivity index (χ0v) is 18.8. The van der Waals surface area contributed by atoms with Crippen LogP contribution in [0.4, 0.5) is 13.2 Å². The Labute approximate surface area is 192 Å². The van der Waals surface area contributed by atoms with Gasteiger partial charge in [0.05, 0.1) is 5.57 Å². The molecular formula is C24H21F3N2O3S. The van der Waals surface area contributed by atoms with E-state index in [9.17, 15) is 23.1 Å². The molecule has 2 unspecified atom stereocenters. The largest absolute Gasteiger partial charge is 0.511 e. The first kappa shape index (κ1) is 22.0. The van der Waals surface area contributed by atoms with Gasteiger partial charge in [-0.05, 0) is 80.2 Å². The van der Waals surface area contributed by atoms with E-state index in [4.69, 9.17) is 10.00 Å². The summed E-state index contributed by atoms with van der Waals surface area (Å²) in [7, 11) is 0. The molecule has 0 spiro atoms. The molecule has 4 aliphatic carbocycles. The Morgan fingerprint density at radius 3 is 2.18 bits per heavy atom. The van der Waals surface area contributed by atoms with Crippen LogP contribution in [-0.4, -0.2) is 15.9 Å². The molecule has 4 aliphatic rings. The standard InChI is InChI=1S/C24H21F3N2O3S/c1-10-7-14(32-23-29-22(24(25,26)27)15(9-28)33-23)8-11(2)16(10)19-20(30)17-12-3-4-13(6-5-12)18(17)21(19)31/h7-8,12-13,17-18,30H,3-6H2,1-2H3. The number of allylic oxidation sites excluding steroid dienone is 2. The van der Waals surface area contributed by atoms with Crippen LogP contribution in [0.2, 0.25) is 0 Å². The van der Waals surface area contributed by atoms with Gasteiger partial charge in [0.15, 0.2) is 11.5 Å². The van der Waals surface area contributed by atoms with Crippen molar-refractivity contribution in [1.29, 1.82) is 5.26 Å². The lowest BCUT2D eigenvalue weighted by atomic mass is 9.59. The fourth-order valence-corrected chi connectivity index (χ4v) is 6.77. The molecule has 1 aromatic carbocycles. The van der Waals surface area contributed by atoms with Crippen LogP contribution in [-0.2, 0) is 11.0 Å². The molecule has 2 aromatic rings. The van der Waals surface area contributed by atoms with E-state index in [1.54, 1.807) is 26.0 Å². The van der Waals surface area contributed by atoms with Gasteiger partial charge in [-0.2, -0.15) is 23.4 Å². The molecule has 1 aromatic heterocycles. The van der Waals surface area contributed by atoms with Gasteiger partial charge >= 0.3 is 6.18 Å². The lowest BCUT2D eigenvalue weighted by Gasteiger charge is -2.44. The number of alkyl halides is 3. The van der Waals surface area contributed by atoms with Gasteiger partial charge in [-0.3, -0.25) is 4.79 Å². The number of rotatable bonds is 3. The summed E-state index contributed by atoms with van der Waals surface area (Å²) in [5.41, 5.74) is 1.13. The molecule has 0 radical (unpaired) electrons. The maximum Gasteiger partial charge on any atom is 0.435 e. The maximum atomic E-state index is 13.4. The molecule has 2 atom stereocenters. The normalized spacial score (nSPS) is 26.5. The van der Waals surface area contributed by atoms with E-state index in [0.29, 0.717) is 45.4 Å². The predicted molar refractivity (Wildman–Crippen MR) is 115 cm³/mol. The number of hydrogen-bond donors (Lipinski definition) is 1. The smallest absolute Gasteiger partial charge is 0.435 e. The number of aryl methyl sites for hydroxylation is 2. The minimum Gasteiger partial charge on any atom is -0.511 e. The molecule has 2 bridgehead atoms. The number of nitrogens with zero attached hydrogens (tertiary/aromatic N) is 2. The van der Waals surface area contributed by atoms with Gasteiger partial charge in [0.25, 0.3) is 5.19 Å². The molecule has 0 amide bonds. The Balaban J connectivity index is 1.49. The van der Waals surface area contributed by atoms with Crippen LogP contribution in [0.5, 0.6) is 10.9 Å². The molecule has 172 valence electrons. The topological polar surface area (TPSA) is 83.2 Å². The summed E-state index contributed by atoms with van der Waals surface area (Å²) >= 11 is 0.526. The second kappa shape index (κ2) is 7.59. The number of carbonyl (C=O) groups excluding carboxylic acids is 1. The van der Waals surface area contributed by atoms with E-state index in [-0.39, 0.29) is 34.3 Å². The molecule has 33 heavy (non-hydrogen) atoms. The first-order chi connectivity index (χ1) is 15.6. The third kappa shape index (κ3) is 3.43. The first-order valence-corrected chi connectivity index (χ1v) is 11.7. The second-order valence-electron chi connectivity index (χ2n) is 9.15. The average molecular weight is 475 g/mol. The summed E-state index contributed by atoms with van der Waals surface area (Å²) in [5.74, 6) is 0.846. The number of aliphatic hydroxyl groups excluding tert-OH is 1. The van der Waals surface area contributed by atoms with Gasteiger partial charge in [0.2, 0.25) is 0 Å². The number of ether oxygens (including phenoxy) is 1. The minimum absolute atomic E-state index is 0.000160. The van der Waals surface area contributed by atoms with Gasteiger partial charge in [-0.1, -0.05) is 11.3 Å². The van der Waals surface area contributed by atoms with Crippen LogP contribution in [0, 0.1) is 48.9 Å². The fraction of sp³-hybridized carbons (Fsp3) is 0.458. The Kier molecular flexibility index (Phi) is 5.05. The quantitative estimate of drug-likeness (QED) is 0.561. The van der Waals surface area contributed by atoms with Crippen molar-refractivity contribution in [2.45, 2.75) is 45.7 Å². The van der Waals surface area contributed by atoms with Crippen molar-refractivity contribution in [3.05, 3.63) is 45.2 Å². The molecule has 6 rings (SSSR count). The highest BCUT2D eigenvalue weighted by Gasteiger charge is 2.54. The monoisotopic (exact) mass is 474 g/mol. The van der Waals surface area contributed by atoms with Crippen LogP contribution in [0.25, 0.3) is 5.57 Å². The molecule has 1 heterocycles. The number of ketones is 1. The number of benzene rings is 1. The van der Waals surface area contributed by atoms with E-state index in [2.05, 4.69) is 4.98 Å². The number of halogens is 3. The Bertz CT molecular complexity index is 1210. The number of hydrogen-bond acceptors (Lipinski definition) is 6. The molecular weight excluding hydrogens is 453 g/mol. The molecule has 1 N–H and O–H groups in total. The van der Waals surface area contributed by atoms with Crippen LogP contribution in [0.1, 0.15) is 52.9 Å². The fourth-order valence-electron chi connectivity index (χ4n) is 6.02. The summed E-state index contributed by atoms with van der Waals surface area (Å²) in [5, 5.41) is 19.8. The van der Waals surface area contributed by atoms with Crippen molar-refractivity contribution in [2.75, 3.05) is 0 Å². The SMILES string of the molecule is Cc1cc(Oc2nc(C(F)(F)F)c(C#N)s2)cc(C)c1C1=C(O)C2C3CCC(CC3)C2C1=O. The number of aliphatic hydroxyl groups is 1. The Morgan fingerprint density at radius 2 is 1.70 bits per heavy atom. The predicted octanol–water partition coefficient (Wildman–Crippen LogP) is 6.35. The first-order valence-electron chi connectivity index (χ1n) is 10.8. The molecule has 9 heteroatoms. The van der Waals surface area contributed by atoms with Crippen LogP contribution in [0.15, 0.2) is 17.9 Å². The van der Waals surface area contributed by atoms with Crippen molar-refractivity contribution in [2.24, 2.45) is 23.7 Å². The second-order valence-corrected chi connectivity index (χ2v) is 10.1. The number of aromatic nitrogens is 1. The van der Waals surface area contributed by atoms with Crippen LogP contribution in [0.3, 0.4) is 0 Å². The summed E-state index contributed by atoms with van der Waals surface area (Å²) in [6, 6.07) is 4.74. The molecule has 5 nitrogen and oxygen atoms in total. The number of thiazole rings is 1. The van der Waals surface area contributed by atoms with Crippen molar-refractivity contribution in [3.63, 3.8) is 0 Å². The molecule has 3 saturated carbocycles. The summed E-state index contributed by atoms with van der Waals surface area (Å²) < 4.78 is 44.8. The highest BCUT2D eigenvalue weighted by molar-refractivity contribution is 7.14. The van der Waals surface area contributed by atoms with Crippen LogP contribution < -0.4 is 4.74 Å². The van der Waals surface area contributed by atoms with E-state index in [1.807, 2.05) is 0 Å². The third-order valence-electron chi connectivity index (χ3n) is 7.28. The molecule has 0 aliphatic heterocycles. The summed E-state index contributed by atoms with van der Waals surface area (Å²) in [4.78, 5) is 16.3. The summed E-state index contributed by atoms with van der Waals surface area (Å²) in [6.07, 6.45) is -0.607. The number of carbonyl (C=O) groups is 1. The van der Waals surface area contributed by atoms with Gasteiger partial charge in [-0.15, -0.1) is 0 Å². The van der Waals surface area contributed by atoms with Crippen molar-refractivity contribution < 1.29 is 27.8 Å². The van der Waals surface area contributed by atoms with E-state index in [1.165, 1.54) is 6.07 Å². The van der Waals surface area contributed by atoms with E-state index >= 15 is 0 Å². The lowest BCUT2D eigenvalue weighted by molar-refractivity contribution is -0.141. The van der Waals surface area contributed by atoms with Crippen molar-refractivity contribution in [3.8, 4) is 17.0 Å². The zero-order chi connectivity index (χ0) is 23.7. The number of Topliss-reactive ketones (excluding diaryl/α,β-unsaturated/α-hetero) is 1. The Hall–Kier alpha value is -2.86. The molecule has 0 saturated heterocycles. The highest BCUT2D eigenvalue weighted by Crippen LogP contribution is 2.57. The van der Waals surface area contributed by atoms with Crippen molar-refractivity contribution in [1.82, 2.24) is 4.98 Å². The van der Waals surface area contributed by atoms with E-state index in [0.717, 1.165) is 25.7 Å². The van der Waals surface area contributed by atoms with Gasteiger partial charge in [-0.25, -0.2) is 0 Å². The lowest BCUT2D eigenvalue weighted by Crippen LogP contribution is -2.41. The Morgan fingerprint density at radius 1 is 1.12 bits per heavy atom. The molecule has 3 fully saturated rings. The van der Waals surface area contributed by atoms with E-state index < -0.39 is 16.7 Å². The van der Waals surface area contributed by atoms with Crippen LogP contribution >= 0.6 is 11.3 Å². The minimum atomic E-state index is -4.75. The number of nitriles is 1. The third-order valence-corrected chi connectivity index (χ3v) is 8.12. The van der Waals surface area contributed by atoms with Crippen molar-refractivity contribution >= 4 is 22.7 Å². The zero-order valence-electron chi connectivity index (χ0n) is 18.0. The average Bonchev–Trinajstić information content (AvgIpc) is 3.29. The summed E-state index contributed by atoms with van der Waals surface area (Å²) in [6.45, 7) is 3.56. The van der Waals surface area contributed by atoms with Gasteiger partial charge in [0.1, 0.15) is 22.5 Å². The highest BCUT2D eigenvalue weighted by atomic mass is 32.1.